The van der Waals surface area contributed by atoms with Crippen molar-refractivity contribution in [1.82, 2.24) is 24.5 Å². The zero-order valence-corrected chi connectivity index (χ0v) is 22.6. The summed E-state index contributed by atoms with van der Waals surface area (Å²) in [7, 11) is 0. The third-order valence-corrected chi connectivity index (χ3v) is 5.88. The first kappa shape index (κ1) is 28.7. The number of aliphatic hydroxyl groups is 2. The Kier molecular flexibility index (Phi) is 9.35. The van der Waals surface area contributed by atoms with Crippen LogP contribution < -0.4 is 20.5 Å². The molecule has 15 heteroatoms. The molecule has 4 aromatic heterocycles. The van der Waals surface area contributed by atoms with Crippen molar-refractivity contribution in [2.24, 2.45) is 15.7 Å². The van der Waals surface area contributed by atoms with E-state index in [0.717, 1.165) is 0 Å². The summed E-state index contributed by atoms with van der Waals surface area (Å²) in [6.07, 6.45) is 4.99. The third kappa shape index (κ3) is 6.55. The van der Waals surface area contributed by atoms with Crippen molar-refractivity contribution in [3.8, 4) is 11.8 Å². The van der Waals surface area contributed by atoms with Crippen molar-refractivity contribution in [2.75, 3.05) is 52.9 Å². The zero-order valence-electron chi connectivity index (χ0n) is 22.6. The van der Waals surface area contributed by atoms with Gasteiger partial charge in [0.1, 0.15) is 13.2 Å². The molecule has 42 heavy (non-hydrogen) atoms. The number of nitrogens with one attached hydrogen (secondary N) is 2. The van der Waals surface area contributed by atoms with Crippen molar-refractivity contribution < 1.29 is 29.2 Å². The van der Waals surface area contributed by atoms with E-state index in [2.05, 4.69) is 15.5 Å². The number of hydrogen-bond acceptors (Lipinski definition) is 12. The first-order chi connectivity index (χ1) is 20.6. The molecule has 0 saturated heterocycles. The standard InChI is InChI=1S/C27H31N9O6/c28-18-17-19(29)25(31-23-21-6-2-4-8-36(21)34-27(23)42-16-14-40-12-10-38)32-24(18)30-22-20-5-1-3-7-35(20)33-26(22)41-15-13-39-11-9-37/h1-8,17,28,37-38H,9-16,29H2,(H,30,31,32). The van der Waals surface area contributed by atoms with E-state index in [1.165, 1.54) is 6.08 Å². The molecule has 0 unspecified atom stereocenters. The molecule has 15 nitrogen and oxygen atoms in total. The lowest BCUT2D eigenvalue weighted by atomic mass is 10.2. The van der Waals surface area contributed by atoms with Crippen LogP contribution in [0.4, 0.5) is 11.4 Å². The molecule has 0 aliphatic carbocycles. The van der Waals surface area contributed by atoms with Crippen LogP contribution in [0.5, 0.6) is 11.8 Å². The summed E-state index contributed by atoms with van der Waals surface area (Å²) in [5.41, 5.74) is 8.71. The molecule has 0 amide bonds. The van der Waals surface area contributed by atoms with Crippen LogP contribution >= 0.6 is 0 Å². The van der Waals surface area contributed by atoms with E-state index in [4.69, 9.17) is 50.3 Å². The van der Waals surface area contributed by atoms with E-state index in [-0.39, 0.29) is 87.7 Å². The second kappa shape index (κ2) is 13.7. The van der Waals surface area contributed by atoms with Gasteiger partial charge in [-0.3, -0.25) is 5.41 Å². The van der Waals surface area contributed by atoms with Crippen LogP contribution in [0, 0.1) is 5.41 Å². The summed E-state index contributed by atoms with van der Waals surface area (Å²) >= 11 is 0. The zero-order chi connectivity index (χ0) is 29.3. The molecule has 0 radical (unpaired) electrons. The van der Waals surface area contributed by atoms with Gasteiger partial charge >= 0.3 is 0 Å². The number of nitrogens with zero attached hydrogens (tertiary/aromatic N) is 6. The van der Waals surface area contributed by atoms with E-state index in [1.54, 1.807) is 21.4 Å². The van der Waals surface area contributed by atoms with E-state index in [0.29, 0.717) is 22.4 Å². The molecule has 5 rings (SSSR count). The van der Waals surface area contributed by atoms with Gasteiger partial charge in [-0.15, -0.1) is 10.2 Å². The van der Waals surface area contributed by atoms with Gasteiger partial charge in [-0.1, -0.05) is 12.1 Å². The predicted octanol–water partition coefficient (Wildman–Crippen LogP) is 0.983. The normalized spacial score (nSPS) is 15.5. The number of aliphatic hydroxyl groups excluding tert-OH is 2. The minimum absolute atomic E-state index is 0.0383. The minimum atomic E-state index is -0.0798. The monoisotopic (exact) mass is 577 g/mol. The molecule has 0 bridgehead atoms. The maximum atomic E-state index is 8.91. The molecule has 1 aliphatic rings. The average molecular weight is 578 g/mol. The summed E-state index contributed by atoms with van der Waals surface area (Å²) in [4.78, 5) is 9.44. The first-order valence-electron chi connectivity index (χ1n) is 13.2. The Bertz CT molecular complexity index is 1640. The van der Waals surface area contributed by atoms with Crippen LogP contribution in [-0.2, 0) is 9.47 Å². The summed E-state index contributed by atoms with van der Waals surface area (Å²) in [6, 6.07) is 11.0. The lowest BCUT2D eigenvalue weighted by Gasteiger charge is -2.17. The molecule has 0 spiro atoms. The van der Waals surface area contributed by atoms with Crippen LogP contribution in [0.25, 0.3) is 11.0 Å². The first-order valence-corrected chi connectivity index (χ1v) is 13.2. The lowest BCUT2D eigenvalue weighted by Crippen LogP contribution is -2.42. The fourth-order valence-corrected chi connectivity index (χ4v) is 4.01. The summed E-state index contributed by atoms with van der Waals surface area (Å²) in [5, 5.41) is 38.4. The number of pyridine rings is 2. The predicted molar refractivity (Wildman–Crippen MR) is 155 cm³/mol. The Balaban J connectivity index is 1.46. The molecule has 0 aromatic carbocycles. The summed E-state index contributed by atoms with van der Waals surface area (Å²) in [6.45, 7) is 1.16. The van der Waals surface area contributed by atoms with Gasteiger partial charge in [0.15, 0.2) is 23.0 Å². The fraction of sp³-hybridized carbons (Fsp3) is 0.296. The van der Waals surface area contributed by atoms with E-state index in [1.807, 2.05) is 36.4 Å². The van der Waals surface area contributed by atoms with Gasteiger partial charge in [-0.25, -0.2) is 19.0 Å². The highest BCUT2D eigenvalue weighted by molar-refractivity contribution is 6.50. The second-order valence-corrected chi connectivity index (χ2v) is 8.80. The Morgan fingerprint density at radius 2 is 1.29 bits per heavy atom. The Morgan fingerprint density at radius 1 is 0.762 bits per heavy atom. The highest BCUT2D eigenvalue weighted by Gasteiger charge is 2.23. The van der Waals surface area contributed by atoms with Gasteiger partial charge in [0.05, 0.1) is 62.1 Å². The van der Waals surface area contributed by atoms with Crippen LogP contribution in [0.2, 0.25) is 0 Å². The number of aliphatic imine (C=N–C) groups is 2. The third-order valence-electron chi connectivity index (χ3n) is 5.88. The van der Waals surface area contributed by atoms with Gasteiger partial charge in [0.2, 0.25) is 0 Å². The van der Waals surface area contributed by atoms with Gasteiger partial charge in [-0.2, -0.15) is 0 Å². The second-order valence-electron chi connectivity index (χ2n) is 8.80. The van der Waals surface area contributed by atoms with Gasteiger partial charge in [-0.05, 0) is 30.3 Å². The SMILES string of the molecule is N=C1C=C(N)/C(=N/c2c(OCCOCCO)nn3ccccc23)N/C1=N\c1c(OCCOCCO)nn2ccccc12. The molecule has 0 atom stereocenters. The number of fused-ring (bicyclic) bond motifs is 2. The minimum Gasteiger partial charge on any atom is -0.473 e. The Hall–Kier alpha value is -4.83. The van der Waals surface area contributed by atoms with E-state index in [9.17, 15) is 0 Å². The Labute approximate surface area is 240 Å². The van der Waals surface area contributed by atoms with Crippen molar-refractivity contribution >= 4 is 39.8 Å². The number of ether oxygens (including phenoxy) is 4. The molecule has 1 aliphatic heterocycles. The lowest BCUT2D eigenvalue weighted by molar-refractivity contribution is 0.0695. The quantitative estimate of drug-likeness (QED) is 0.135. The fourth-order valence-electron chi connectivity index (χ4n) is 4.01. The molecule has 4 aromatic rings. The Morgan fingerprint density at radius 3 is 1.81 bits per heavy atom. The van der Waals surface area contributed by atoms with Crippen LogP contribution in [0.15, 0.2) is 70.5 Å². The molecular formula is C27H31N9O6. The van der Waals surface area contributed by atoms with Crippen LogP contribution in [-0.4, -0.2) is 99.7 Å². The van der Waals surface area contributed by atoms with Crippen LogP contribution in [0.1, 0.15) is 0 Å². The van der Waals surface area contributed by atoms with Gasteiger partial charge in [0, 0.05) is 12.4 Å². The summed E-state index contributed by atoms with van der Waals surface area (Å²) in [5.74, 6) is 0.941. The molecule has 5 heterocycles. The summed E-state index contributed by atoms with van der Waals surface area (Å²) < 4.78 is 25.5. The van der Waals surface area contributed by atoms with Crippen molar-refractivity contribution in [2.45, 2.75) is 0 Å². The maximum Gasteiger partial charge on any atom is 0.260 e. The van der Waals surface area contributed by atoms with Gasteiger partial charge in [0.25, 0.3) is 11.8 Å². The van der Waals surface area contributed by atoms with Crippen LogP contribution in [0.3, 0.4) is 0 Å². The number of nitrogens with two attached hydrogens (primary N) is 1. The molecule has 0 saturated carbocycles. The molecule has 6 N–H and O–H groups in total. The van der Waals surface area contributed by atoms with Crippen molar-refractivity contribution in [3.63, 3.8) is 0 Å². The van der Waals surface area contributed by atoms with Crippen molar-refractivity contribution in [3.05, 3.63) is 60.6 Å². The largest absolute Gasteiger partial charge is 0.473 e. The molecule has 0 fully saturated rings. The maximum absolute atomic E-state index is 8.91. The molecular weight excluding hydrogens is 546 g/mol. The number of aromatic nitrogens is 4. The molecule has 220 valence electrons. The average Bonchev–Trinajstić information content (AvgIpc) is 3.52. The smallest absolute Gasteiger partial charge is 0.260 e. The topological polar surface area (TPSA) is 199 Å². The van der Waals surface area contributed by atoms with E-state index < -0.39 is 0 Å². The number of amidine groups is 2. The highest BCUT2D eigenvalue weighted by atomic mass is 16.5. The highest BCUT2D eigenvalue weighted by Crippen LogP contribution is 2.34. The van der Waals surface area contributed by atoms with Crippen molar-refractivity contribution in [1.29, 1.82) is 5.41 Å². The number of hydrogen-bond donors (Lipinski definition) is 5. The number of rotatable bonds is 14. The van der Waals surface area contributed by atoms with Gasteiger partial charge < -0.3 is 40.2 Å². The van der Waals surface area contributed by atoms with E-state index >= 15 is 0 Å².